The van der Waals surface area contributed by atoms with Crippen LogP contribution in [0.5, 0.6) is 0 Å². The van der Waals surface area contributed by atoms with Crippen LogP contribution in [0.2, 0.25) is 0 Å². The Morgan fingerprint density at radius 2 is 1.76 bits per heavy atom. The normalized spacial score (nSPS) is 19.3. The summed E-state index contributed by atoms with van der Waals surface area (Å²) in [6.07, 6.45) is 4.77. The Kier molecular flexibility index (Phi) is 13.9. The van der Waals surface area contributed by atoms with Gasteiger partial charge in [0, 0.05) is 25.0 Å². The number of aryl methyl sites for hydroxylation is 1. The average molecular weight is 637 g/mol. The van der Waals surface area contributed by atoms with Gasteiger partial charge in [-0.25, -0.2) is 14.0 Å². The van der Waals surface area contributed by atoms with Crippen molar-refractivity contribution in [1.82, 2.24) is 21.3 Å². The number of hydrogen-bond acceptors (Lipinski definition) is 6. The molecule has 248 valence electrons. The first-order valence-electron chi connectivity index (χ1n) is 15.7. The van der Waals surface area contributed by atoms with Gasteiger partial charge in [-0.05, 0) is 61.8 Å². The standard InChI is InChI=1S/C35H45FN4O6/c1-22(2)32(34(44)46-4)40-35(45)39-29(20-24-10-7-9-23(3)17-24)30(41)21-26-12-5-6-16-37-31(42)15-14-28(38-33(26)43)19-25-11-8-13-27(36)18-25/h7-11,13-15,17-18,22,26,28-29,32H,5-6,12,16,19-21H2,1-4H3,(H,37,42)(H,38,43)(H2,39,40,45)/b15-14+/t26-,28-,29+,32+/m1/s1. The number of carbonyl (C=O) groups is 5. The van der Waals surface area contributed by atoms with Gasteiger partial charge in [-0.15, -0.1) is 0 Å². The summed E-state index contributed by atoms with van der Waals surface area (Å²) in [7, 11) is 1.24. The number of ketones is 1. The first-order valence-corrected chi connectivity index (χ1v) is 15.7. The number of halogens is 1. The molecule has 4 amide bonds. The highest BCUT2D eigenvalue weighted by atomic mass is 19.1. The van der Waals surface area contributed by atoms with Gasteiger partial charge in [0.2, 0.25) is 11.8 Å². The highest BCUT2D eigenvalue weighted by molar-refractivity contribution is 5.93. The summed E-state index contributed by atoms with van der Waals surface area (Å²) in [5.41, 5.74) is 2.45. The summed E-state index contributed by atoms with van der Waals surface area (Å²) < 4.78 is 18.7. The molecule has 1 heterocycles. The fourth-order valence-electron chi connectivity index (χ4n) is 5.37. The van der Waals surface area contributed by atoms with Crippen LogP contribution < -0.4 is 21.3 Å². The summed E-state index contributed by atoms with van der Waals surface area (Å²) in [6, 6.07) is 10.4. The van der Waals surface area contributed by atoms with Gasteiger partial charge >= 0.3 is 12.0 Å². The van der Waals surface area contributed by atoms with E-state index in [4.69, 9.17) is 4.74 Å². The van der Waals surface area contributed by atoms with E-state index in [1.165, 1.54) is 25.3 Å². The largest absolute Gasteiger partial charge is 0.467 e. The van der Waals surface area contributed by atoms with E-state index in [1.807, 2.05) is 31.2 Å². The Labute approximate surface area is 269 Å². The number of nitrogens with one attached hydrogen (secondary N) is 4. The van der Waals surface area contributed by atoms with Crippen molar-refractivity contribution in [3.63, 3.8) is 0 Å². The Balaban J connectivity index is 1.83. The van der Waals surface area contributed by atoms with Crippen LogP contribution in [-0.2, 0) is 36.8 Å². The van der Waals surface area contributed by atoms with E-state index in [1.54, 1.807) is 32.1 Å². The second-order valence-electron chi connectivity index (χ2n) is 12.1. The van der Waals surface area contributed by atoms with Gasteiger partial charge in [-0.1, -0.05) is 68.3 Å². The number of ether oxygens (including phenoxy) is 1. The quantitative estimate of drug-likeness (QED) is 0.277. The molecule has 0 aromatic heterocycles. The first-order chi connectivity index (χ1) is 21.9. The third-order valence-corrected chi connectivity index (χ3v) is 7.87. The number of urea groups is 1. The Hall–Kier alpha value is -4.54. The topological polar surface area (TPSA) is 143 Å². The molecule has 0 unspecified atom stereocenters. The van der Waals surface area contributed by atoms with Crippen molar-refractivity contribution in [2.24, 2.45) is 11.8 Å². The molecule has 46 heavy (non-hydrogen) atoms. The Morgan fingerprint density at radius 3 is 2.46 bits per heavy atom. The monoisotopic (exact) mass is 636 g/mol. The zero-order valence-corrected chi connectivity index (χ0v) is 26.9. The maximum Gasteiger partial charge on any atom is 0.328 e. The summed E-state index contributed by atoms with van der Waals surface area (Å²) in [5, 5.41) is 11.1. The fraction of sp³-hybridized carbons (Fsp3) is 0.457. The van der Waals surface area contributed by atoms with Crippen LogP contribution in [0, 0.1) is 24.6 Å². The summed E-state index contributed by atoms with van der Waals surface area (Å²) in [4.78, 5) is 65.2. The number of methoxy groups -OCH3 is 1. The molecule has 1 aliphatic rings. The minimum Gasteiger partial charge on any atom is -0.467 e. The average Bonchev–Trinajstić information content (AvgIpc) is 3.00. The SMILES string of the molecule is COC(=O)[C@@H](NC(=O)N[C@@H](Cc1cccc(C)c1)C(=O)C[C@H]1CCCCNC(=O)/C=C/[C@H](Cc2cccc(F)c2)NC1=O)C(C)C. The van der Waals surface area contributed by atoms with Crippen molar-refractivity contribution in [2.75, 3.05) is 13.7 Å². The second-order valence-corrected chi connectivity index (χ2v) is 12.1. The molecule has 0 bridgehead atoms. The molecule has 0 radical (unpaired) electrons. The van der Waals surface area contributed by atoms with Gasteiger partial charge in [-0.3, -0.25) is 14.4 Å². The van der Waals surface area contributed by atoms with Crippen LogP contribution >= 0.6 is 0 Å². The number of hydrogen-bond donors (Lipinski definition) is 4. The van der Waals surface area contributed by atoms with Crippen molar-refractivity contribution >= 4 is 29.6 Å². The molecular formula is C35H45FN4O6. The molecule has 11 heteroatoms. The molecule has 0 aliphatic carbocycles. The lowest BCUT2D eigenvalue weighted by molar-refractivity contribution is -0.144. The van der Waals surface area contributed by atoms with Crippen LogP contribution in [0.25, 0.3) is 0 Å². The molecule has 0 fully saturated rings. The van der Waals surface area contributed by atoms with E-state index in [9.17, 15) is 28.4 Å². The van der Waals surface area contributed by atoms with Gasteiger partial charge in [0.1, 0.15) is 11.9 Å². The number of rotatable bonds is 11. The molecular weight excluding hydrogens is 591 g/mol. The van der Waals surface area contributed by atoms with E-state index >= 15 is 0 Å². The fourth-order valence-corrected chi connectivity index (χ4v) is 5.37. The van der Waals surface area contributed by atoms with Crippen molar-refractivity contribution in [3.8, 4) is 0 Å². The van der Waals surface area contributed by atoms with Crippen molar-refractivity contribution in [3.05, 3.63) is 83.2 Å². The Bertz CT molecular complexity index is 1410. The van der Waals surface area contributed by atoms with E-state index in [-0.39, 0.29) is 42.8 Å². The van der Waals surface area contributed by atoms with Crippen molar-refractivity contribution in [2.45, 2.75) is 77.4 Å². The van der Waals surface area contributed by atoms with Gasteiger partial charge in [-0.2, -0.15) is 0 Å². The van der Waals surface area contributed by atoms with E-state index < -0.39 is 41.9 Å². The van der Waals surface area contributed by atoms with Crippen molar-refractivity contribution in [1.29, 1.82) is 0 Å². The van der Waals surface area contributed by atoms with Gasteiger partial charge < -0.3 is 26.0 Å². The molecule has 2 aromatic carbocycles. The molecule has 3 rings (SSSR count). The summed E-state index contributed by atoms with van der Waals surface area (Å²) in [6.45, 7) is 5.87. The summed E-state index contributed by atoms with van der Waals surface area (Å²) >= 11 is 0. The smallest absolute Gasteiger partial charge is 0.328 e. The third-order valence-electron chi connectivity index (χ3n) is 7.87. The van der Waals surface area contributed by atoms with Crippen molar-refractivity contribution < 1.29 is 33.1 Å². The predicted octanol–water partition coefficient (Wildman–Crippen LogP) is 3.70. The molecule has 0 saturated heterocycles. The maximum atomic E-state index is 13.9. The minimum atomic E-state index is -0.983. The van der Waals surface area contributed by atoms with Gasteiger partial charge in [0.05, 0.1) is 19.2 Å². The maximum absolute atomic E-state index is 13.9. The number of benzene rings is 2. The van der Waals surface area contributed by atoms with E-state index in [0.29, 0.717) is 31.4 Å². The van der Waals surface area contributed by atoms with Crippen LogP contribution in [0.1, 0.15) is 56.2 Å². The van der Waals surface area contributed by atoms with E-state index in [0.717, 1.165) is 11.1 Å². The third kappa shape index (κ3) is 11.8. The molecule has 2 aromatic rings. The number of Topliss-reactive ketones (excluding diaryl/α,β-unsaturated/α-hetero) is 1. The second kappa shape index (κ2) is 17.8. The van der Waals surface area contributed by atoms with Crippen LogP contribution in [0.3, 0.4) is 0 Å². The van der Waals surface area contributed by atoms with Crippen LogP contribution in [0.4, 0.5) is 9.18 Å². The Morgan fingerprint density at radius 1 is 1.02 bits per heavy atom. The number of carbonyl (C=O) groups excluding carboxylic acids is 5. The van der Waals surface area contributed by atoms with Crippen LogP contribution in [0.15, 0.2) is 60.7 Å². The van der Waals surface area contributed by atoms with Crippen LogP contribution in [-0.4, -0.2) is 61.4 Å². The predicted molar refractivity (Wildman–Crippen MR) is 172 cm³/mol. The molecule has 4 atom stereocenters. The number of esters is 1. The van der Waals surface area contributed by atoms with E-state index in [2.05, 4.69) is 21.3 Å². The molecule has 10 nitrogen and oxygen atoms in total. The lowest BCUT2D eigenvalue weighted by Crippen LogP contribution is -2.53. The molecule has 0 saturated carbocycles. The molecule has 0 spiro atoms. The zero-order valence-electron chi connectivity index (χ0n) is 26.9. The molecule has 1 aliphatic heterocycles. The lowest BCUT2D eigenvalue weighted by Gasteiger charge is -2.25. The highest BCUT2D eigenvalue weighted by Gasteiger charge is 2.31. The minimum absolute atomic E-state index is 0.143. The van der Waals surface area contributed by atoms with Gasteiger partial charge in [0.25, 0.3) is 0 Å². The lowest BCUT2D eigenvalue weighted by atomic mass is 9.90. The summed E-state index contributed by atoms with van der Waals surface area (Å²) in [5.74, 6) is -2.99. The number of amides is 4. The zero-order chi connectivity index (χ0) is 33.6. The molecule has 4 N–H and O–H groups in total. The first kappa shape index (κ1) is 35.9. The highest BCUT2D eigenvalue weighted by Crippen LogP contribution is 2.19. The van der Waals surface area contributed by atoms with Gasteiger partial charge in [0.15, 0.2) is 5.78 Å².